The summed E-state index contributed by atoms with van der Waals surface area (Å²) >= 11 is 0. The lowest BCUT2D eigenvalue weighted by Gasteiger charge is -2.21. The normalized spacial score (nSPS) is 18.1. The van der Waals surface area contributed by atoms with Gasteiger partial charge in [0.05, 0.1) is 0 Å². The third kappa shape index (κ3) is 5.19. The smallest absolute Gasteiger partial charge is 0.412 e. The number of carbonyl (C=O) groups is 4. The second-order valence-electron chi connectivity index (χ2n) is 8.28. The summed E-state index contributed by atoms with van der Waals surface area (Å²) in [7, 11) is 0. The number of imide groups is 1. The largest absolute Gasteiger partial charge is 0.444 e. The van der Waals surface area contributed by atoms with Crippen LogP contribution in [-0.4, -0.2) is 29.5 Å². The fraction of sp³-hybridized carbons (Fsp3) is 0.273. The molecule has 0 spiro atoms. The highest BCUT2D eigenvalue weighted by Gasteiger charge is 2.43. The van der Waals surface area contributed by atoms with Crippen molar-refractivity contribution in [2.24, 2.45) is 0 Å². The number of amides is 5. The number of rotatable bonds is 4. The average Bonchev–Trinajstić information content (AvgIpc) is 2.93. The van der Waals surface area contributed by atoms with Crippen LogP contribution in [0.25, 0.3) is 0 Å². The van der Waals surface area contributed by atoms with Crippen molar-refractivity contribution in [3.8, 4) is 0 Å². The van der Waals surface area contributed by atoms with Crippen LogP contribution in [0.5, 0.6) is 0 Å². The van der Waals surface area contributed by atoms with Gasteiger partial charge < -0.3 is 15.4 Å². The molecular formula is C22H24N4O5. The van der Waals surface area contributed by atoms with Gasteiger partial charge in [0.25, 0.3) is 11.8 Å². The van der Waals surface area contributed by atoms with Crippen LogP contribution in [0, 0.1) is 0 Å². The van der Waals surface area contributed by atoms with E-state index in [9.17, 15) is 19.2 Å². The maximum Gasteiger partial charge on any atom is 0.412 e. The zero-order valence-corrected chi connectivity index (χ0v) is 17.7. The number of hydrogen-bond acceptors (Lipinski definition) is 5. The minimum atomic E-state index is -1.23. The molecule has 1 heterocycles. The first-order chi connectivity index (χ1) is 14.5. The fourth-order valence-electron chi connectivity index (χ4n) is 3.02. The maximum absolute atomic E-state index is 12.7. The summed E-state index contributed by atoms with van der Waals surface area (Å²) in [5, 5.41) is 10.1. The van der Waals surface area contributed by atoms with Gasteiger partial charge in [0.15, 0.2) is 0 Å². The molecule has 9 heteroatoms. The highest BCUT2D eigenvalue weighted by atomic mass is 16.6. The van der Waals surface area contributed by atoms with Gasteiger partial charge >= 0.3 is 12.1 Å². The predicted molar refractivity (Wildman–Crippen MR) is 115 cm³/mol. The molecule has 1 saturated heterocycles. The molecule has 0 aromatic heterocycles. The number of anilines is 2. The molecule has 162 valence electrons. The summed E-state index contributed by atoms with van der Waals surface area (Å²) in [4.78, 5) is 48.3. The average molecular weight is 424 g/mol. The van der Waals surface area contributed by atoms with Gasteiger partial charge in [-0.05, 0) is 63.6 Å². The molecule has 0 aliphatic carbocycles. The van der Waals surface area contributed by atoms with Crippen molar-refractivity contribution in [3.63, 3.8) is 0 Å². The molecule has 4 N–H and O–H groups in total. The van der Waals surface area contributed by atoms with Crippen molar-refractivity contribution in [2.75, 3.05) is 10.6 Å². The molecule has 0 bridgehead atoms. The van der Waals surface area contributed by atoms with Gasteiger partial charge in [-0.1, -0.05) is 18.2 Å². The van der Waals surface area contributed by atoms with Crippen LogP contribution >= 0.6 is 0 Å². The van der Waals surface area contributed by atoms with Crippen molar-refractivity contribution in [1.29, 1.82) is 0 Å². The van der Waals surface area contributed by atoms with Crippen LogP contribution < -0.4 is 21.3 Å². The van der Waals surface area contributed by atoms with Crippen molar-refractivity contribution >= 4 is 35.3 Å². The molecule has 5 amide bonds. The minimum Gasteiger partial charge on any atom is -0.444 e. The number of nitrogens with one attached hydrogen (secondary N) is 4. The molecule has 1 aliphatic rings. The van der Waals surface area contributed by atoms with Gasteiger partial charge in [-0.25, -0.2) is 9.59 Å². The Bertz CT molecular complexity index is 1060. The predicted octanol–water partition coefficient (Wildman–Crippen LogP) is 3.34. The summed E-state index contributed by atoms with van der Waals surface area (Å²) in [6.07, 6.45) is -0.622. The van der Waals surface area contributed by atoms with E-state index in [0.717, 1.165) is 0 Å². The summed E-state index contributed by atoms with van der Waals surface area (Å²) in [5.74, 6) is -0.878. The van der Waals surface area contributed by atoms with E-state index in [1.807, 2.05) is 0 Å². The highest BCUT2D eigenvalue weighted by Crippen LogP contribution is 2.27. The van der Waals surface area contributed by atoms with E-state index in [4.69, 9.17) is 4.74 Å². The van der Waals surface area contributed by atoms with Crippen LogP contribution in [-0.2, 0) is 15.1 Å². The molecule has 9 nitrogen and oxygen atoms in total. The molecule has 0 radical (unpaired) electrons. The molecule has 1 fully saturated rings. The van der Waals surface area contributed by atoms with Crippen LogP contribution in [0.2, 0.25) is 0 Å². The van der Waals surface area contributed by atoms with Crippen molar-refractivity contribution < 1.29 is 23.9 Å². The zero-order chi connectivity index (χ0) is 22.8. The lowest BCUT2D eigenvalue weighted by molar-refractivity contribution is -0.123. The first-order valence-corrected chi connectivity index (χ1v) is 9.62. The van der Waals surface area contributed by atoms with Crippen molar-refractivity contribution in [1.82, 2.24) is 10.6 Å². The Kier molecular flexibility index (Phi) is 5.70. The maximum atomic E-state index is 12.7. The Morgan fingerprint density at radius 1 is 0.968 bits per heavy atom. The third-order valence-corrected chi connectivity index (χ3v) is 4.51. The van der Waals surface area contributed by atoms with Gasteiger partial charge in [-0.3, -0.25) is 20.2 Å². The summed E-state index contributed by atoms with van der Waals surface area (Å²) < 4.78 is 5.21. The van der Waals surface area contributed by atoms with Gasteiger partial charge in [-0.15, -0.1) is 0 Å². The molecule has 1 atom stereocenters. The van der Waals surface area contributed by atoms with E-state index in [0.29, 0.717) is 22.5 Å². The monoisotopic (exact) mass is 424 g/mol. The summed E-state index contributed by atoms with van der Waals surface area (Å²) in [6, 6.07) is 12.5. The van der Waals surface area contributed by atoms with E-state index in [2.05, 4.69) is 21.3 Å². The Morgan fingerprint density at radius 2 is 1.61 bits per heavy atom. The Hall–Kier alpha value is -3.88. The Morgan fingerprint density at radius 3 is 2.23 bits per heavy atom. The molecule has 0 unspecified atom stereocenters. The van der Waals surface area contributed by atoms with E-state index >= 15 is 0 Å². The third-order valence-electron chi connectivity index (χ3n) is 4.51. The minimum absolute atomic E-state index is 0.317. The zero-order valence-electron chi connectivity index (χ0n) is 17.7. The first-order valence-electron chi connectivity index (χ1n) is 9.62. The molecule has 3 rings (SSSR count). The molecule has 0 saturated carbocycles. The van der Waals surface area contributed by atoms with Crippen LogP contribution in [0.3, 0.4) is 0 Å². The second-order valence-corrected chi connectivity index (χ2v) is 8.28. The van der Waals surface area contributed by atoms with E-state index in [1.165, 1.54) is 6.07 Å². The number of hydrogen-bond donors (Lipinski definition) is 4. The molecule has 31 heavy (non-hydrogen) atoms. The summed E-state index contributed by atoms with van der Waals surface area (Å²) in [6.45, 7) is 6.85. The van der Waals surface area contributed by atoms with Gasteiger partial charge in [-0.2, -0.15) is 0 Å². The Labute approximate surface area is 179 Å². The lowest BCUT2D eigenvalue weighted by atomic mass is 9.92. The second kappa shape index (κ2) is 8.10. The topological polar surface area (TPSA) is 126 Å². The molecule has 2 aromatic carbocycles. The molecular weight excluding hydrogens is 400 g/mol. The van der Waals surface area contributed by atoms with Crippen LogP contribution in [0.4, 0.5) is 21.0 Å². The van der Waals surface area contributed by atoms with Crippen LogP contribution in [0.1, 0.15) is 43.6 Å². The molecule has 2 aromatic rings. The summed E-state index contributed by atoms with van der Waals surface area (Å²) in [5.41, 5.74) is -0.173. The highest BCUT2D eigenvalue weighted by molar-refractivity contribution is 6.08. The number of carbonyl (C=O) groups excluding carboxylic acids is 4. The van der Waals surface area contributed by atoms with Gasteiger partial charge in [0.2, 0.25) is 0 Å². The first kappa shape index (κ1) is 21.8. The lowest BCUT2D eigenvalue weighted by Crippen LogP contribution is -2.40. The molecule has 1 aliphatic heterocycles. The van der Waals surface area contributed by atoms with Crippen molar-refractivity contribution in [3.05, 3.63) is 59.7 Å². The standard InChI is InChI=1S/C22H24N4O5/c1-21(2,3)31-20(30)24-15-9-5-7-13(11-15)17(27)23-16-10-6-8-14(12-16)22(4)18(28)25-19(29)26-22/h5-12H,1-4H3,(H,23,27)(H,24,30)(H2,25,26,28,29)/t22-/m1/s1. The van der Waals surface area contributed by atoms with Gasteiger partial charge in [0.1, 0.15) is 11.1 Å². The fourth-order valence-corrected chi connectivity index (χ4v) is 3.02. The van der Waals surface area contributed by atoms with E-state index in [-0.39, 0.29) is 0 Å². The number of urea groups is 1. The van der Waals surface area contributed by atoms with Crippen molar-refractivity contribution in [2.45, 2.75) is 38.8 Å². The quantitative estimate of drug-likeness (QED) is 0.560. The van der Waals surface area contributed by atoms with Gasteiger partial charge in [0, 0.05) is 16.9 Å². The van der Waals surface area contributed by atoms with Crippen LogP contribution in [0.15, 0.2) is 48.5 Å². The van der Waals surface area contributed by atoms with E-state index in [1.54, 1.807) is 70.2 Å². The Balaban J connectivity index is 1.73. The number of benzene rings is 2. The van der Waals surface area contributed by atoms with E-state index < -0.39 is 35.1 Å². The number of ether oxygens (including phenoxy) is 1. The SMILES string of the molecule is CC(C)(C)OC(=O)Nc1cccc(C(=O)Nc2cccc([C@@]3(C)NC(=O)NC3=O)c2)c1.